The number of hydrogen-bond acceptors (Lipinski definition) is 2. The van der Waals surface area contributed by atoms with Crippen molar-refractivity contribution >= 4 is 67.3 Å². The molecule has 0 saturated carbocycles. The maximum atomic E-state index is 8.98. The summed E-state index contributed by atoms with van der Waals surface area (Å²) >= 11 is -5.44. The molecule has 8 aromatic rings. The fourth-order valence-electron chi connectivity index (χ4n) is 9.25. The predicted octanol–water partition coefficient (Wildman–Crippen LogP) is 14.7. The molecule has 2 aliphatic rings. The molecular formula is C48H36Cl2O2SiZr. The van der Waals surface area contributed by atoms with Crippen LogP contribution in [-0.4, -0.2) is 5.43 Å². The first-order valence-electron chi connectivity index (χ1n) is 18.4. The number of allylic oxidation sites excluding steroid dienone is 2. The molecule has 0 aliphatic heterocycles. The van der Waals surface area contributed by atoms with Crippen LogP contribution in [0.25, 0.3) is 67.1 Å². The van der Waals surface area contributed by atoms with Crippen LogP contribution in [-0.2, 0) is 15.0 Å². The molecule has 0 fully saturated rings. The van der Waals surface area contributed by atoms with E-state index in [9.17, 15) is 0 Å². The number of hydrogen-bond donors (Lipinski definition) is 0. The van der Waals surface area contributed by atoms with Crippen molar-refractivity contribution in [3.63, 3.8) is 0 Å². The molecule has 6 heteroatoms. The summed E-state index contributed by atoms with van der Waals surface area (Å²) in [5, 5.41) is 4.26. The number of halogens is 2. The van der Waals surface area contributed by atoms with Gasteiger partial charge in [0.2, 0.25) is 0 Å². The van der Waals surface area contributed by atoms with Crippen molar-refractivity contribution in [2.24, 2.45) is 0 Å². The van der Waals surface area contributed by atoms with E-state index in [1.807, 2.05) is 12.5 Å². The Morgan fingerprint density at radius 1 is 0.481 bits per heavy atom. The number of furan rings is 2. The van der Waals surface area contributed by atoms with Gasteiger partial charge in [-0.1, -0.05) is 0 Å². The Bertz CT molecular complexity index is 2740. The summed E-state index contributed by atoms with van der Waals surface area (Å²) in [6.45, 7) is 4.70. The van der Waals surface area contributed by atoms with Gasteiger partial charge in [-0.25, -0.2) is 0 Å². The average Bonchev–Trinajstić information content (AvgIpc) is 4.01. The zero-order chi connectivity index (χ0) is 36.6. The van der Waals surface area contributed by atoms with Gasteiger partial charge in [0.15, 0.2) is 0 Å². The fraction of sp³-hybridized carbons (Fsp3) is 0.0833. The van der Waals surface area contributed by atoms with Crippen molar-refractivity contribution in [3.8, 4) is 22.3 Å². The second-order valence-corrected chi connectivity index (χ2v) is 53.7. The van der Waals surface area contributed by atoms with E-state index in [4.69, 9.17) is 25.9 Å². The maximum absolute atomic E-state index is 8.98. The van der Waals surface area contributed by atoms with E-state index in [-0.39, 0.29) is 7.25 Å². The Morgan fingerprint density at radius 2 is 0.889 bits per heavy atom. The van der Waals surface area contributed by atoms with E-state index in [2.05, 4.69) is 171 Å². The zero-order valence-corrected chi connectivity index (χ0v) is 34.9. The fourth-order valence-corrected chi connectivity index (χ4v) is 36.9. The first-order valence-corrected chi connectivity index (χ1v) is 33.8. The molecule has 262 valence electrons. The molecule has 54 heavy (non-hydrogen) atoms. The molecule has 2 unspecified atom stereocenters. The van der Waals surface area contributed by atoms with Gasteiger partial charge in [0, 0.05) is 0 Å². The second kappa shape index (κ2) is 12.8. The molecule has 2 aliphatic carbocycles. The van der Waals surface area contributed by atoms with Gasteiger partial charge in [0.25, 0.3) is 0 Å². The first kappa shape index (κ1) is 34.1. The number of fused-ring (bicyclic) bond motifs is 4. The van der Waals surface area contributed by atoms with Crippen LogP contribution >= 0.6 is 17.0 Å². The average molecular weight is 835 g/mol. The first-order chi connectivity index (χ1) is 26.3. The monoisotopic (exact) mass is 832 g/mol. The van der Waals surface area contributed by atoms with Gasteiger partial charge in [-0.3, -0.25) is 0 Å². The van der Waals surface area contributed by atoms with Crippen LogP contribution in [0, 0.1) is 0 Å². The van der Waals surface area contributed by atoms with Crippen molar-refractivity contribution in [3.05, 3.63) is 192 Å². The molecule has 2 atom stereocenters. The van der Waals surface area contributed by atoms with Gasteiger partial charge in [0.1, 0.15) is 0 Å². The minimum absolute atomic E-state index is 0.257. The van der Waals surface area contributed by atoms with Crippen molar-refractivity contribution < 1.29 is 23.8 Å². The van der Waals surface area contributed by atoms with Gasteiger partial charge >= 0.3 is 326 Å². The van der Waals surface area contributed by atoms with Crippen LogP contribution < -0.4 is 0 Å². The van der Waals surface area contributed by atoms with E-state index in [1.165, 1.54) is 33.4 Å². The summed E-state index contributed by atoms with van der Waals surface area (Å²) in [6, 6.07) is 51.4. The molecule has 0 spiro atoms. The van der Waals surface area contributed by atoms with Gasteiger partial charge in [-0.15, -0.1) is 0 Å². The molecule has 0 amide bonds. The third kappa shape index (κ3) is 5.00. The van der Waals surface area contributed by atoms with Gasteiger partial charge in [0.05, 0.1) is 0 Å². The van der Waals surface area contributed by atoms with Crippen LogP contribution in [0.15, 0.2) is 167 Å². The predicted molar refractivity (Wildman–Crippen MR) is 227 cm³/mol. The van der Waals surface area contributed by atoms with Gasteiger partial charge in [-0.2, -0.15) is 0 Å². The molecule has 6 aromatic carbocycles. The SMILES string of the molecule is C[Si](C)=[Zr]([Cl])([Cl])([CH]1C(c2occ3ccccc23)=Cc2c(-c3ccccc3)cccc21)[CH]1C(c2occ3ccccc23)=Cc2c(-c3ccccc3)cccc21. The van der Waals surface area contributed by atoms with E-state index >= 15 is 0 Å². The molecule has 10 rings (SSSR count). The van der Waals surface area contributed by atoms with Gasteiger partial charge < -0.3 is 0 Å². The molecule has 2 heterocycles. The summed E-state index contributed by atoms with van der Waals surface area (Å²) in [4.78, 5) is 0. The van der Waals surface area contributed by atoms with Crippen molar-refractivity contribution in [2.75, 3.05) is 0 Å². The normalized spacial score (nSPS) is 16.7. The van der Waals surface area contributed by atoms with Crippen LogP contribution in [0.4, 0.5) is 0 Å². The third-order valence-electron chi connectivity index (χ3n) is 11.8. The summed E-state index contributed by atoms with van der Waals surface area (Å²) < 4.78 is 12.7. The van der Waals surface area contributed by atoms with Gasteiger partial charge in [-0.05, 0) is 0 Å². The number of rotatable bonds is 6. The minimum atomic E-state index is -5.44. The topological polar surface area (TPSA) is 26.3 Å². The van der Waals surface area contributed by atoms with Crippen LogP contribution in [0.5, 0.6) is 0 Å². The summed E-state index contributed by atoms with van der Waals surface area (Å²) in [5.41, 5.74) is 10.1. The zero-order valence-electron chi connectivity index (χ0n) is 29.9. The van der Waals surface area contributed by atoms with Crippen LogP contribution in [0.3, 0.4) is 0 Å². The van der Waals surface area contributed by atoms with Crippen molar-refractivity contribution in [1.29, 1.82) is 0 Å². The molecule has 2 aromatic heterocycles. The van der Waals surface area contributed by atoms with Crippen LogP contribution in [0.1, 0.15) is 41.0 Å². The second-order valence-electron chi connectivity index (χ2n) is 14.9. The van der Waals surface area contributed by atoms with E-state index in [0.29, 0.717) is 0 Å². The third-order valence-corrected chi connectivity index (χ3v) is 58.1. The Labute approximate surface area is 323 Å². The van der Waals surface area contributed by atoms with E-state index in [1.54, 1.807) is 0 Å². The molecular weight excluding hydrogens is 799 g/mol. The Morgan fingerprint density at radius 3 is 1.31 bits per heavy atom. The Balaban J connectivity index is 1.30. The number of benzene rings is 6. The van der Waals surface area contributed by atoms with E-state index in [0.717, 1.165) is 55.3 Å². The standard InChI is InChI=1S/2C23H15O.C2H6Si.2ClH.Zr/c2*1-2-7-16(8-3-1)20-12-6-10-17-13-19(14-22(17)20)23-21-11-5-4-9-18(21)15-24-23;1-3-2;;;/h2*1-15H;1-2H3;2*1H;/q;;;;;+2/p-2. The Hall–Kier alpha value is -4.44. The molecule has 0 saturated heterocycles. The van der Waals surface area contributed by atoms with Crippen molar-refractivity contribution in [2.45, 2.75) is 20.3 Å². The molecule has 2 nitrogen and oxygen atoms in total. The molecule has 0 radical (unpaired) electrons. The quantitative estimate of drug-likeness (QED) is 0.156. The molecule has 0 bridgehead atoms. The van der Waals surface area contributed by atoms with E-state index < -0.39 is 20.4 Å². The van der Waals surface area contributed by atoms with Crippen LogP contribution in [0.2, 0.25) is 13.1 Å². The summed E-state index contributed by atoms with van der Waals surface area (Å²) in [7, 11) is 18.0. The Kier molecular flexibility index (Phi) is 8.09. The summed E-state index contributed by atoms with van der Waals surface area (Å²) in [6.07, 6.45) is 8.44. The summed E-state index contributed by atoms with van der Waals surface area (Å²) in [5.74, 6) is 1.70. The van der Waals surface area contributed by atoms with Crippen molar-refractivity contribution in [1.82, 2.24) is 0 Å². The molecule has 0 N–H and O–H groups in total.